The van der Waals surface area contributed by atoms with Crippen LogP contribution in [-0.2, 0) is 19.6 Å². The minimum Gasteiger partial charge on any atom is -0.482 e. The van der Waals surface area contributed by atoms with E-state index in [0.29, 0.717) is 4.90 Å². The van der Waals surface area contributed by atoms with Crippen molar-refractivity contribution in [3.8, 4) is 5.75 Å². The second-order valence-electron chi connectivity index (χ2n) is 7.74. The van der Waals surface area contributed by atoms with Crippen molar-refractivity contribution in [2.75, 3.05) is 44.2 Å². The molecule has 2 aliphatic rings. The molecule has 0 aliphatic carbocycles. The van der Waals surface area contributed by atoms with Gasteiger partial charge < -0.3 is 9.64 Å². The number of carbonyl (C=O) groups is 2. The zero-order valence-corrected chi connectivity index (χ0v) is 19.6. The summed E-state index contributed by atoms with van der Waals surface area (Å²) in [4.78, 5) is 40.5. The Morgan fingerprint density at radius 2 is 1.88 bits per heavy atom. The van der Waals surface area contributed by atoms with Gasteiger partial charge in [-0.3, -0.25) is 24.6 Å². The summed E-state index contributed by atoms with van der Waals surface area (Å²) >= 11 is 1.42. The number of hydrogen-bond acceptors (Lipinski definition) is 8. The number of piperazine rings is 1. The smallest absolute Gasteiger partial charge is 0.271 e. The molecule has 33 heavy (non-hydrogen) atoms. The fourth-order valence-electron chi connectivity index (χ4n) is 3.89. The first kappa shape index (κ1) is 23.1. The van der Waals surface area contributed by atoms with Crippen molar-refractivity contribution in [2.45, 2.75) is 18.7 Å². The molecule has 2 amide bonds. The molecule has 1 fully saturated rings. The van der Waals surface area contributed by atoms with Crippen LogP contribution in [0.2, 0.25) is 0 Å². The van der Waals surface area contributed by atoms with Crippen LogP contribution in [0.25, 0.3) is 0 Å². The van der Waals surface area contributed by atoms with Gasteiger partial charge in [0.1, 0.15) is 12.3 Å². The van der Waals surface area contributed by atoms with Crippen LogP contribution in [0.3, 0.4) is 0 Å². The van der Waals surface area contributed by atoms with Crippen LogP contribution in [0.1, 0.15) is 9.75 Å². The lowest BCUT2D eigenvalue weighted by Gasteiger charge is -2.36. The van der Waals surface area contributed by atoms with Crippen LogP contribution in [0, 0.1) is 24.0 Å². The lowest BCUT2D eigenvalue weighted by molar-refractivity contribution is -0.384. The number of anilines is 1. The van der Waals surface area contributed by atoms with Gasteiger partial charge in [-0.25, -0.2) is 8.42 Å². The molecule has 13 heteroatoms. The third kappa shape index (κ3) is 4.43. The van der Waals surface area contributed by atoms with Crippen molar-refractivity contribution in [1.82, 2.24) is 9.21 Å². The van der Waals surface area contributed by atoms with Gasteiger partial charge in [0.05, 0.1) is 15.5 Å². The van der Waals surface area contributed by atoms with Gasteiger partial charge in [-0.05, 0) is 26.0 Å². The zero-order chi connectivity index (χ0) is 23.9. The van der Waals surface area contributed by atoms with E-state index in [-0.39, 0.29) is 62.4 Å². The number of carbonyl (C=O) groups excluding carboxylic acids is 2. The number of nitrogens with zero attached hydrogens (tertiary/aromatic N) is 4. The molecule has 11 nitrogen and oxygen atoms in total. The number of ether oxygens (including phenoxy) is 1. The highest BCUT2D eigenvalue weighted by molar-refractivity contribution is 7.89. The predicted octanol–water partition coefficient (Wildman–Crippen LogP) is 1.53. The molecular weight excluding hydrogens is 472 g/mol. The number of benzene rings is 1. The molecule has 1 saturated heterocycles. The molecule has 2 aromatic rings. The van der Waals surface area contributed by atoms with E-state index in [2.05, 4.69) is 0 Å². The highest BCUT2D eigenvalue weighted by Crippen LogP contribution is 2.35. The maximum atomic E-state index is 13.0. The monoisotopic (exact) mass is 494 g/mol. The second-order valence-corrected chi connectivity index (χ2v) is 11.1. The molecule has 1 aromatic heterocycles. The molecule has 0 radical (unpaired) electrons. The average Bonchev–Trinajstić information content (AvgIpc) is 3.14. The first-order valence-corrected chi connectivity index (χ1v) is 12.4. The Bertz CT molecular complexity index is 1230. The molecule has 0 bridgehead atoms. The molecule has 2 aliphatic heterocycles. The Kier molecular flexibility index (Phi) is 6.12. The number of nitro benzene ring substituents is 1. The standard InChI is InChI=1S/C20H22N4O7S2/c1-13-9-18(14(2)32-13)33(29,30)22-7-5-21(6-8-22)19(25)11-23-16-10-15(24(27)28)3-4-17(16)31-12-20(23)26/h3-4,9-10H,5-8,11-12H2,1-2H3. The van der Waals surface area contributed by atoms with Crippen LogP contribution in [0.5, 0.6) is 5.75 Å². The van der Waals surface area contributed by atoms with Crippen molar-refractivity contribution >= 4 is 44.5 Å². The molecule has 0 spiro atoms. The average molecular weight is 495 g/mol. The van der Waals surface area contributed by atoms with Gasteiger partial charge in [-0.2, -0.15) is 4.31 Å². The van der Waals surface area contributed by atoms with Crippen LogP contribution < -0.4 is 9.64 Å². The summed E-state index contributed by atoms with van der Waals surface area (Å²) in [6, 6.07) is 5.53. The quantitative estimate of drug-likeness (QED) is 0.455. The minimum absolute atomic E-state index is 0.140. The molecule has 176 valence electrons. The van der Waals surface area contributed by atoms with Crippen molar-refractivity contribution in [1.29, 1.82) is 0 Å². The van der Waals surface area contributed by atoms with Gasteiger partial charge in [-0.15, -0.1) is 11.3 Å². The lowest BCUT2D eigenvalue weighted by atomic mass is 10.2. The topological polar surface area (TPSA) is 130 Å². The number of sulfonamides is 1. The fraction of sp³-hybridized carbons (Fsp3) is 0.400. The molecule has 0 unspecified atom stereocenters. The number of fused-ring (bicyclic) bond motifs is 1. The SMILES string of the molecule is Cc1cc(S(=O)(=O)N2CCN(C(=O)CN3C(=O)COc4ccc([N+](=O)[O-])cc43)CC2)c(C)s1. The van der Waals surface area contributed by atoms with E-state index in [1.165, 1.54) is 43.6 Å². The third-order valence-electron chi connectivity index (χ3n) is 5.59. The molecule has 0 N–H and O–H groups in total. The molecule has 0 atom stereocenters. The summed E-state index contributed by atoms with van der Waals surface area (Å²) in [5, 5.41) is 11.1. The van der Waals surface area contributed by atoms with E-state index in [1.807, 2.05) is 6.92 Å². The molecule has 1 aromatic carbocycles. The summed E-state index contributed by atoms with van der Waals surface area (Å²) in [6.45, 7) is 3.68. The van der Waals surface area contributed by atoms with Crippen molar-refractivity contribution < 1.29 is 27.7 Å². The highest BCUT2D eigenvalue weighted by atomic mass is 32.2. The summed E-state index contributed by atoms with van der Waals surface area (Å²) in [6.07, 6.45) is 0. The number of hydrogen-bond donors (Lipinski definition) is 0. The summed E-state index contributed by atoms with van der Waals surface area (Å²) in [5.74, 6) is -0.575. The van der Waals surface area contributed by atoms with Crippen LogP contribution in [-0.4, -0.2) is 73.7 Å². The van der Waals surface area contributed by atoms with Gasteiger partial charge in [0.15, 0.2) is 6.61 Å². The van der Waals surface area contributed by atoms with Crippen LogP contribution in [0.15, 0.2) is 29.2 Å². The van der Waals surface area contributed by atoms with E-state index in [4.69, 9.17) is 4.74 Å². The van der Waals surface area contributed by atoms with Gasteiger partial charge >= 0.3 is 0 Å². The highest BCUT2D eigenvalue weighted by Gasteiger charge is 2.34. The van der Waals surface area contributed by atoms with E-state index in [0.717, 1.165) is 9.75 Å². The summed E-state index contributed by atoms with van der Waals surface area (Å²) in [5.41, 5.74) is -0.0550. The first-order valence-electron chi connectivity index (χ1n) is 10.1. The van der Waals surface area contributed by atoms with E-state index < -0.39 is 20.9 Å². The van der Waals surface area contributed by atoms with Crippen LogP contribution in [0.4, 0.5) is 11.4 Å². The van der Waals surface area contributed by atoms with Gasteiger partial charge in [0, 0.05) is 48.1 Å². The largest absolute Gasteiger partial charge is 0.482 e. The Morgan fingerprint density at radius 1 is 1.18 bits per heavy atom. The van der Waals surface area contributed by atoms with E-state index >= 15 is 0 Å². The van der Waals surface area contributed by atoms with E-state index in [9.17, 15) is 28.1 Å². The predicted molar refractivity (Wildman–Crippen MR) is 120 cm³/mol. The third-order valence-corrected chi connectivity index (χ3v) is 8.71. The fourth-order valence-corrected chi connectivity index (χ4v) is 6.84. The number of amides is 2. The normalized spacial score (nSPS) is 17.0. The van der Waals surface area contributed by atoms with Crippen molar-refractivity contribution in [2.24, 2.45) is 0 Å². The number of aryl methyl sites for hydroxylation is 2. The Morgan fingerprint density at radius 3 is 2.48 bits per heavy atom. The van der Waals surface area contributed by atoms with Crippen LogP contribution >= 0.6 is 11.3 Å². The molecular formula is C20H22N4O7S2. The zero-order valence-electron chi connectivity index (χ0n) is 18.0. The maximum Gasteiger partial charge on any atom is 0.271 e. The van der Waals surface area contributed by atoms with Gasteiger partial charge in [0.2, 0.25) is 15.9 Å². The minimum atomic E-state index is -3.65. The number of nitro groups is 1. The molecule has 3 heterocycles. The van der Waals surface area contributed by atoms with Gasteiger partial charge in [-0.1, -0.05) is 0 Å². The number of non-ortho nitro benzene ring substituents is 1. The first-order chi connectivity index (χ1) is 15.6. The van der Waals surface area contributed by atoms with Crippen molar-refractivity contribution in [3.05, 3.63) is 44.1 Å². The number of thiophene rings is 1. The number of rotatable bonds is 5. The van der Waals surface area contributed by atoms with Gasteiger partial charge in [0.25, 0.3) is 11.6 Å². The summed E-state index contributed by atoms with van der Waals surface area (Å²) in [7, 11) is -3.65. The molecule has 0 saturated carbocycles. The Hall–Kier alpha value is -3.03. The summed E-state index contributed by atoms with van der Waals surface area (Å²) < 4.78 is 32.7. The maximum absolute atomic E-state index is 13.0. The van der Waals surface area contributed by atoms with E-state index in [1.54, 1.807) is 13.0 Å². The molecule has 4 rings (SSSR count). The Labute approximate surface area is 194 Å². The van der Waals surface area contributed by atoms with Crippen molar-refractivity contribution in [3.63, 3.8) is 0 Å². The Balaban J connectivity index is 1.45. The second kappa shape index (κ2) is 8.72. The lowest BCUT2D eigenvalue weighted by Crippen LogP contribution is -2.53.